The van der Waals surface area contributed by atoms with Crippen molar-refractivity contribution < 1.29 is 22.7 Å². The van der Waals surface area contributed by atoms with Crippen LogP contribution in [0.5, 0.6) is 0 Å². The van der Waals surface area contributed by atoms with Crippen LogP contribution < -0.4 is 10.6 Å². The Labute approximate surface area is 176 Å². The molecule has 10 heteroatoms. The van der Waals surface area contributed by atoms with Gasteiger partial charge in [-0.2, -0.15) is 0 Å². The number of nitrogens with one attached hydrogen (secondary N) is 2. The van der Waals surface area contributed by atoms with E-state index in [0.29, 0.717) is 19.6 Å². The van der Waals surface area contributed by atoms with Gasteiger partial charge in [-0.15, -0.1) is 18.3 Å². The summed E-state index contributed by atoms with van der Waals surface area (Å²) >= 11 is 0. The van der Waals surface area contributed by atoms with E-state index in [4.69, 9.17) is 4.74 Å². The molecule has 1 atom stereocenters. The highest BCUT2D eigenvalue weighted by atomic mass is 19.4. The minimum absolute atomic E-state index is 0.00929. The number of halogens is 3. The number of hydrogen-bond acceptors (Lipinski definition) is 6. The maximum absolute atomic E-state index is 12.1. The molecule has 7 nitrogen and oxygen atoms in total. The molecule has 1 rings (SSSR count). The molecule has 0 bridgehead atoms. The molecule has 30 heavy (non-hydrogen) atoms. The summed E-state index contributed by atoms with van der Waals surface area (Å²) in [6.07, 6.45) is -5.16. The molecule has 0 saturated heterocycles. The van der Waals surface area contributed by atoms with Crippen LogP contribution in [0.15, 0.2) is 34.5 Å². The molecule has 0 radical (unpaired) electrons. The third-order valence-electron chi connectivity index (χ3n) is 3.79. The van der Waals surface area contributed by atoms with Crippen LogP contribution >= 0.6 is 0 Å². The molecule has 1 amide bonds. The predicted molar refractivity (Wildman–Crippen MR) is 109 cm³/mol. The zero-order chi connectivity index (χ0) is 22.9. The number of amides is 1. The molecule has 0 spiro atoms. The van der Waals surface area contributed by atoms with Gasteiger partial charge in [-0.3, -0.25) is 10.2 Å². The maximum atomic E-state index is 12.1. The van der Waals surface area contributed by atoms with Gasteiger partial charge < -0.3 is 10.1 Å². The lowest BCUT2D eigenvalue weighted by Crippen LogP contribution is -2.48. The van der Waals surface area contributed by atoms with Crippen molar-refractivity contribution in [3.05, 3.63) is 29.8 Å². The maximum Gasteiger partial charge on any atom is 0.521 e. The van der Waals surface area contributed by atoms with Crippen LogP contribution in [0.2, 0.25) is 0 Å². The van der Waals surface area contributed by atoms with E-state index in [2.05, 4.69) is 25.8 Å². The highest BCUT2D eigenvalue weighted by molar-refractivity contribution is 5.67. The van der Waals surface area contributed by atoms with E-state index in [1.54, 1.807) is 32.9 Å². The Kier molecular flexibility index (Phi) is 9.70. The Balaban J connectivity index is 2.74. The van der Waals surface area contributed by atoms with Gasteiger partial charge in [-0.1, -0.05) is 17.2 Å². The summed E-state index contributed by atoms with van der Waals surface area (Å²) in [4.78, 5) is 14.0. The minimum Gasteiger partial charge on any atom is -0.444 e. The van der Waals surface area contributed by atoms with Crippen molar-refractivity contribution in [1.29, 1.82) is 0 Å². The smallest absolute Gasteiger partial charge is 0.444 e. The molecular formula is C20H32F3N5O2. The molecular weight excluding hydrogens is 399 g/mol. The van der Waals surface area contributed by atoms with E-state index in [0.717, 1.165) is 5.56 Å². The highest BCUT2D eigenvalue weighted by Crippen LogP contribution is 2.21. The zero-order valence-electron chi connectivity index (χ0n) is 18.4. The SMILES string of the molecule is CC(C)NC(C)N(CCNC(=O)OC(C)(C)C)Cc1ccc(/N=N\C(F)(F)F)cc1. The second-order valence-corrected chi connectivity index (χ2v) is 8.23. The fraction of sp³-hybridized carbons (Fsp3) is 0.650. The first-order valence-corrected chi connectivity index (χ1v) is 9.81. The van der Waals surface area contributed by atoms with Crippen LogP contribution in [0.4, 0.5) is 23.7 Å². The Morgan fingerprint density at radius 1 is 1.13 bits per heavy atom. The number of carbonyl (C=O) groups is 1. The first kappa shape index (κ1) is 25.8. The normalized spacial score (nSPS) is 13.8. The molecule has 1 aromatic rings. The van der Waals surface area contributed by atoms with E-state index in [1.807, 2.05) is 20.8 Å². The predicted octanol–water partition coefficient (Wildman–Crippen LogP) is 4.96. The summed E-state index contributed by atoms with van der Waals surface area (Å²) in [5.41, 5.74) is 0.458. The Hall–Kier alpha value is -2.20. The van der Waals surface area contributed by atoms with Crippen molar-refractivity contribution in [2.24, 2.45) is 10.2 Å². The number of hydrogen-bond donors (Lipinski definition) is 2. The monoisotopic (exact) mass is 431 g/mol. The molecule has 0 aliphatic carbocycles. The number of benzene rings is 1. The van der Waals surface area contributed by atoms with Gasteiger partial charge in [-0.05, 0) is 59.2 Å². The van der Waals surface area contributed by atoms with Crippen molar-refractivity contribution in [3.8, 4) is 0 Å². The lowest BCUT2D eigenvalue weighted by Gasteiger charge is -2.31. The summed E-state index contributed by atoms with van der Waals surface area (Å²) in [5, 5.41) is 11.6. The largest absolute Gasteiger partial charge is 0.521 e. The Morgan fingerprint density at radius 2 is 1.73 bits per heavy atom. The van der Waals surface area contributed by atoms with E-state index in [-0.39, 0.29) is 17.9 Å². The number of alkyl halides is 3. The number of carbonyl (C=O) groups excluding carboxylic acids is 1. The van der Waals surface area contributed by atoms with Crippen molar-refractivity contribution in [2.45, 2.75) is 72.2 Å². The molecule has 0 aromatic heterocycles. The quantitative estimate of drug-likeness (QED) is 0.329. The fourth-order valence-electron chi connectivity index (χ4n) is 2.63. The van der Waals surface area contributed by atoms with Crippen LogP contribution in [0, 0.1) is 0 Å². The van der Waals surface area contributed by atoms with Gasteiger partial charge in [0, 0.05) is 25.7 Å². The average Bonchev–Trinajstić information content (AvgIpc) is 2.57. The summed E-state index contributed by atoms with van der Waals surface area (Å²) in [7, 11) is 0. The molecule has 170 valence electrons. The van der Waals surface area contributed by atoms with E-state index in [9.17, 15) is 18.0 Å². The van der Waals surface area contributed by atoms with Crippen molar-refractivity contribution >= 4 is 11.8 Å². The first-order chi connectivity index (χ1) is 13.7. The molecule has 0 aliphatic heterocycles. The zero-order valence-corrected chi connectivity index (χ0v) is 18.4. The van der Waals surface area contributed by atoms with Gasteiger partial charge in [0.05, 0.1) is 11.9 Å². The lowest BCUT2D eigenvalue weighted by atomic mass is 10.2. The standard InChI is InChI=1S/C20H32F3N5O2/c1-14(2)25-15(3)28(12-11-24-18(29)30-19(4,5)6)13-16-7-9-17(10-8-16)26-27-20(21,22)23/h7-10,14-15,25H,11-13H2,1-6H3,(H,24,29)/b27-26-. The van der Waals surface area contributed by atoms with E-state index >= 15 is 0 Å². The van der Waals surface area contributed by atoms with Crippen LogP contribution in [-0.4, -0.2) is 48.2 Å². The van der Waals surface area contributed by atoms with Gasteiger partial charge in [0.2, 0.25) is 0 Å². The third-order valence-corrected chi connectivity index (χ3v) is 3.79. The molecule has 0 fully saturated rings. The van der Waals surface area contributed by atoms with Gasteiger partial charge >= 0.3 is 12.4 Å². The van der Waals surface area contributed by atoms with Gasteiger partial charge in [0.25, 0.3) is 0 Å². The number of nitrogens with zero attached hydrogens (tertiary/aromatic N) is 3. The Bertz CT molecular complexity index is 685. The molecule has 1 aromatic carbocycles. The molecule has 0 heterocycles. The number of ether oxygens (including phenoxy) is 1. The number of rotatable bonds is 9. The summed E-state index contributed by atoms with van der Waals surface area (Å²) in [6, 6.07) is 6.65. The summed E-state index contributed by atoms with van der Waals surface area (Å²) in [6.45, 7) is 12.9. The molecule has 0 saturated carbocycles. The third kappa shape index (κ3) is 11.7. The molecule has 0 aliphatic rings. The summed E-state index contributed by atoms with van der Waals surface area (Å²) in [5.74, 6) is 0. The van der Waals surface area contributed by atoms with Gasteiger partial charge in [-0.25, -0.2) is 4.79 Å². The van der Waals surface area contributed by atoms with Crippen LogP contribution in [0.25, 0.3) is 0 Å². The Morgan fingerprint density at radius 3 is 2.23 bits per heavy atom. The highest BCUT2D eigenvalue weighted by Gasteiger charge is 2.26. The average molecular weight is 432 g/mol. The van der Waals surface area contributed by atoms with Crippen molar-refractivity contribution in [3.63, 3.8) is 0 Å². The number of azo groups is 1. The molecule has 1 unspecified atom stereocenters. The van der Waals surface area contributed by atoms with Crippen molar-refractivity contribution in [2.75, 3.05) is 13.1 Å². The number of alkyl carbamates (subject to hydrolysis) is 1. The minimum atomic E-state index is -4.69. The lowest BCUT2D eigenvalue weighted by molar-refractivity contribution is -0.125. The van der Waals surface area contributed by atoms with Crippen molar-refractivity contribution in [1.82, 2.24) is 15.5 Å². The second-order valence-electron chi connectivity index (χ2n) is 8.23. The fourth-order valence-corrected chi connectivity index (χ4v) is 2.63. The molecule has 2 N–H and O–H groups in total. The second kappa shape index (κ2) is 11.3. The van der Waals surface area contributed by atoms with Crippen LogP contribution in [0.1, 0.15) is 47.1 Å². The summed E-state index contributed by atoms with van der Waals surface area (Å²) < 4.78 is 41.7. The first-order valence-electron chi connectivity index (χ1n) is 9.81. The van der Waals surface area contributed by atoms with Gasteiger partial charge in [0.1, 0.15) is 5.60 Å². The van der Waals surface area contributed by atoms with Crippen LogP contribution in [0.3, 0.4) is 0 Å². The van der Waals surface area contributed by atoms with Gasteiger partial charge in [0.15, 0.2) is 0 Å². The topological polar surface area (TPSA) is 78.3 Å². The van der Waals surface area contributed by atoms with Crippen LogP contribution in [-0.2, 0) is 11.3 Å². The van der Waals surface area contributed by atoms with E-state index < -0.39 is 18.0 Å². The van der Waals surface area contributed by atoms with E-state index in [1.165, 1.54) is 12.1 Å².